The van der Waals surface area contributed by atoms with Crippen molar-refractivity contribution in [1.29, 1.82) is 0 Å². The number of benzene rings is 1. The van der Waals surface area contributed by atoms with E-state index in [0.717, 1.165) is 26.4 Å². The SMILES string of the molecule is Cc1cc(C)c2nc(N(Cc3ccccn3)C(=O)Cc3ccc(Cl)s3)sc2c1. The van der Waals surface area contributed by atoms with Gasteiger partial charge in [-0.15, -0.1) is 11.3 Å². The van der Waals surface area contributed by atoms with Crippen LogP contribution >= 0.6 is 34.3 Å². The Balaban J connectivity index is 1.71. The number of carbonyl (C=O) groups excluding carboxylic acids is 1. The van der Waals surface area contributed by atoms with Gasteiger partial charge < -0.3 is 0 Å². The van der Waals surface area contributed by atoms with E-state index in [1.807, 2.05) is 30.3 Å². The summed E-state index contributed by atoms with van der Waals surface area (Å²) in [6.07, 6.45) is 2.03. The Hall–Kier alpha value is -2.28. The summed E-state index contributed by atoms with van der Waals surface area (Å²) < 4.78 is 1.77. The number of aromatic nitrogens is 2. The average molecular weight is 428 g/mol. The molecule has 0 atom stereocenters. The average Bonchev–Trinajstić information content (AvgIpc) is 3.26. The van der Waals surface area contributed by atoms with Gasteiger partial charge in [0.2, 0.25) is 5.91 Å². The molecule has 0 fully saturated rings. The molecule has 7 heteroatoms. The Kier molecular flexibility index (Phi) is 5.44. The second-order valence-electron chi connectivity index (χ2n) is 6.61. The number of carbonyl (C=O) groups is 1. The molecule has 28 heavy (non-hydrogen) atoms. The van der Waals surface area contributed by atoms with Crippen molar-refractivity contribution in [3.05, 3.63) is 74.7 Å². The van der Waals surface area contributed by atoms with Gasteiger partial charge in [0.25, 0.3) is 0 Å². The minimum atomic E-state index is -0.0161. The van der Waals surface area contributed by atoms with E-state index < -0.39 is 0 Å². The first-order chi connectivity index (χ1) is 13.5. The van der Waals surface area contributed by atoms with Crippen molar-refractivity contribution in [3.8, 4) is 0 Å². The van der Waals surface area contributed by atoms with Crippen LogP contribution < -0.4 is 4.90 Å². The predicted molar refractivity (Wildman–Crippen MR) is 118 cm³/mol. The molecule has 0 saturated heterocycles. The lowest BCUT2D eigenvalue weighted by Gasteiger charge is -2.19. The van der Waals surface area contributed by atoms with E-state index in [2.05, 4.69) is 31.0 Å². The van der Waals surface area contributed by atoms with Crippen LogP contribution in [0.25, 0.3) is 10.2 Å². The van der Waals surface area contributed by atoms with Crippen molar-refractivity contribution in [1.82, 2.24) is 9.97 Å². The molecule has 3 aromatic heterocycles. The third-order valence-corrected chi connectivity index (χ3v) is 6.61. The van der Waals surface area contributed by atoms with E-state index >= 15 is 0 Å². The molecule has 0 radical (unpaired) electrons. The molecular formula is C21H18ClN3OS2. The van der Waals surface area contributed by atoms with Gasteiger partial charge in [0.05, 0.1) is 33.2 Å². The van der Waals surface area contributed by atoms with Gasteiger partial charge in [-0.1, -0.05) is 35.1 Å². The van der Waals surface area contributed by atoms with E-state index in [1.54, 1.807) is 22.4 Å². The molecule has 4 aromatic rings. The molecule has 142 valence electrons. The number of rotatable bonds is 5. The Morgan fingerprint density at radius 2 is 2.00 bits per heavy atom. The number of thiazole rings is 1. The highest BCUT2D eigenvalue weighted by Gasteiger charge is 2.22. The summed E-state index contributed by atoms with van der Waals surface area (Å²) in [5.41, 5.74) is 4.08. The van der Waals surface area contributed by atoms with Crippen LogP contribution in [0, 0.1) is 13.8 Å². The molecular weight excluding hydrogens is 410 g/mol. The Labute approximate surface area is 176 Å². The summed E-state index contributed by atoms with van der Waals surface area (Å²) in [5, 5.41) is 0.696. The molecule has 4 rings (SSSR count). The van der Waals surface area contributed by atoms with Crippen molar-refractivity contribution in [2.24, 2.45) is 0 Å². The van der Waals surface area contributed by atoms with Crippen LogP contribution in [-0.4, -0.2) is 15.9 Å². The highest BCUT2D eigenvalue weighted by molar-refractivity contribution is 7.22. The van der Waals surface area contributed by atoms with Gasteiger partial charge in [-0.2, -0.15) is 0 Å². The maximum absolute atomic E-state index is 13.2. The first-order valence-electron chi connectivity index (χ1n) is 8.82. The standard InChI is InChI=1S/C21H18ClN3OS2/c1-13-9-14(2)20-17(10-13)28-21(24-20)25(12-15-5-3-4-8-23-15)19(26)11-16-6-7-18(22)27-16/h3-10H,11-12H2,1-2H3. The lowest BCUT2D eigenvalue weighted by molar-refractivity contribution is -0.118. The first-order valence-corrected chi connectivity index (χ1v) is 10.8. The van der Waals surface area contributed by atoms with Crippen molar-refractivity contribution >= 4 is 55.5 Å². The van der Waals surface area contributed by atoms with Gasteiger partial charge in [0.1, 0.15) is 0 Å². The lowest BCUT2D eigenvalue weighted by Crippen LogP contribution is -2.31. The summed E-state index contributed by atoms with van der Waals surface area (Å²) in [4.78, 5) is 25.0. The van der Waals surface area contributed by atoms with Gasteiger partial charge in [-0.25, -0.2) is 4.98 Å². The number of hydrogen-bond acceptors (Lipinski definition) is 5. The van der Waals surface area contributed by atoms with E-state index in [1.165, 1.54) is 16.9 Å². The number of amides is 1. The molecule has 0 N–H and O–H groups in total. The molecule has 0 unspecified atom stereocenters. The quantitative estimate of drug-likeness (QED) is 0.404. The molecule has 3 heterocycles. The molecule has 4 nitrogen and oxygen atoms in total. The normalized spacial score (nSPS) is 11.1. The zero-order valence-corrected chi connectivity index (χ0v) is 17.9. The van der Waals surface area contributed by atoms with E-state index in [-0.39, 0.29) is 12.3 Å². The summed E-state index contributed by atoms with van der Waals surface area (Å²) in [7, 11) is 0. The molecule has 0 saturated carbocycles. The fourth-order valence-electron chi connectivity index (χ4n) is 3.08. The number of aryl methyl sites for hydroxylation is 2. The molecule has 0 aliphatic rings. The summed E-state index contributed by atoms with van der Waals surface area (Å²) in [6.45, 7) is 4.51. The van der Waals surface area contributed by atoms with Crippen LogP contribution in [0.1, 0.15) is 21.7 Å². The maximum atomic E-state index is 13.2. The van der Waals surface area contributed by atoms with Crippen molar-refractivity contribution in [2.75, 3.05) is 4.90 Å². The predicted octanol–water partition coefficient (Wildman–Crippen LogP) is 5.80. The van der Waals surface area contributed by atoms with Crippen molar-refractivity contribution < 1.29 is 4.79 Å². The van der Waals surface area contributed by atoms with Gasteiger partial charge >= 0.3 is 0 Å². The fourth-order valence-corrected chi connectivity index (χ4v) is 5.32. The molecule has 0 bridgehead atoms. The van der Waals surface area contributed by atoms with Crippen LogP contribution in [0.5, 0.6) is 0 Å². The van der Waals surface area contributed by atoms with Crippen LogP contribution in [0.15, 0.2) is 48.7 Å². The number of nitrogens with zero attached hydrogens (tertiary/aromatic N) is 3. The summed E-state index contributed by atoms with van der Waals surface area (Å²) in [5.74, 6) is -0.0161. The number of hydrogen-bond donors (Lipinski definition) is 0. The Morgan fingerprint density at radius 1 is 1.14 bits per heavy atom. The van der Waals surface area contributed by atoms with Crippen LogP contribution in [0.4, 0.5) is 5.13 Å². The minimum Gasteiger partial charge on any atom is -0.282 e. The van der Waals surface area contributed by atoms with Crippen molar-refractivity contribution in [2.45, 2.75) is 26.8 Å². The molecule has 0 aliphatic carbocycles. The molecule has 1 amide bonds. The monoisotopic (exact) mass is 427 g/mol. The maximum Gasteiger partial charge on any atom is 0.234 e. The van der Waals surface area contributed by atoms with Gasteiger partial charge in [-0.3, -0.25) is 14.7 Å². The topological polar surface area (TPSA) is 46.1 Å². The van der Waals surface area contributed by atoms with Gasteiger partial charge in [0.15, 0.2) is 5.13 Å². The van der Waals surface area contributed by atoms with Crippen molar-refractivity contribution in [3.63, 3.8) is 0 Å². The Morgan fingerprint density at radius 3 is 2.71 bits per heavy atom. The number of anilines is 1. The molecule has 0 aliphatic heterocycles. The second-order valence-corrected chi connectivity index (χ2v) is 9.42. The molecule has 1 aromatic carbocycles. The third kappa shape index (κ3) is 4.09. The Bertz CT molecular complexity index is 1140. The summed E-state index contributed by atoms with van der Waals surface area (Å²) in [6, 6.07) is 13.7. The minimum absolute atomic E-state index is 0.0161. The fraction of sp³-hybridized carbons (Fsp3) is 0.190. The van der Waals surface area contributed by atoms with Crippen LogP contribution in [0.3, 0.4) is 0 Å². The first kappa shape index (κ1) is 19.1. The van der Waals surface area contributed by atoms with Crippen LogP contribution in [0.2, 0.25) is 4.34 Å². The van der Waals surface area contributed by atoms with Gasteiger partial charge in [-0.05, 0) is 55.3 Å². The highest BCUT2D eigenvalue weighted by Crippen LogP contribution is 2.33. The zero-order chi connectivity index (χ0) is 19.7. The van der Waals surface area contributed by atoms with E-state index in [4.69, 9.17) is 16.6 Å². The third-order valence-electron chi connectivity index (χ3n) is 4.35. The zero-order valence-electron chi connectivity index (χ0n) is 15.5. The largest absolute Gasteiger partial charge is 0.282 e. The number of pyridine rings is 1. The number of fused-ring (bicyclic) bond motifs is 1. The summed E-state index contributed by atoms with van der Waals surface area (Å²) >= 11 is 9.00. The van der Waals surface area contributed by atoms with Gasteiger partial charge in [0, 0.05) is 11.1 Å². The second kappa shape index (κ2) is 7.99. The lowest BCUT2D eigenvalue weighted by atomic mass is 10.1. The number of thiophene rings is 1. The van der Waals surface area contributed by atoms with E-state index in [9.17, 15) is 4.79 Å². The van der Waals surface area contributed by atoms with E-state index in [0.29, 0.717) is 16.0 Å². The smallest absolute Gasteiger partial charge is 0.234 e. The van der Waals surface area contributed by atoms with Crippen LogP contribution in [-0.2, 0) is 17.8 Å². The molecule has 0 spiro atoms. The number of halogens is 1. The highest BCUT2D eigenvalue weighted by atomic mass is 35.5.